The predicted molar refractivity (Wildman–Crippen MR) is 302 cm³/mol. The van der Waals surface area contributed by atoms with Crippen molar-refractivity contribution < 1.29 is 28.6 Å². The minimum atomic E-state index is -0.811. The Balaban J connectivity index is 4.01. The highest BCUT2D eigenvalue weighted by atomic mass is 16.6. The Bertz CT molecular complexity index is 1440. The number of hydrogen-bond acceptors (Lipinski definition) is 6. The van der Waals surface area contributed by atoms with Crippen molar-refractivity contribution >= 4 is 17.9 Å². The number of allylic oxidation sites excluding steroid dienone is 18. The van der Waals surface area contributed by atoms with E-state index in [1.807, 2.05) is 12.2 Å². The Morgan fingerprint density at radius 2 is 0.586 bits per heavy atom. The molecule has 70 heavy (non-hydrogen) atoms. The van der Waals surface area contributed by atoms with Crippen molar-refractivity contribution in [1.82, 2.24) is 0 Å². The molecule has 0 radical (unpaired) electrons. The molecule has 0 aliphatic rings. The maximum Gasteiger partial charge on any atom is 0.306 e. The molecule has 0 saturated heterocycles. The van der Waals surface area contributed by atoms with Gasteiger partial charge < -0.3 is 14.2 Å². The molecule has 0 aromatic heterocycles. The van der Waals surface area contributed by atoms with Crippen molar-refractivity contribution in [2.75, 3.05) is 13.2 Å². The molecule has 0 amide bonds. The van der Waals surface area contributed by atoms with E-state index in [2.05, 4.69) is 118 Å². The van der Waals surface area contributed by atoms with Crippen molar-refractivity contribution in [3.8, 4) is 0 Å². The highest BCUT2D eigenvalue weighted by Gasteiger charge is 2.19. The number of unbranched alkanes of at least 4 members (excludes halogenated alkanes) is 22. The maximum absolute atomic E-state index is 12.7. The van der Waals surface area contributed by atoms with E-state index in [-0.39, 0.29) is 31.6 Å². The number of ether oxygens (including phenoxy) is 3. The molecular formula is C64H106O6. The van der Waals surface area contributed by atoms with E-state index in [9.17, 15) is 14.4 Å². The van der Waals surface area contributed by atoms with E-state index in [1.165, 1.54) is 116 Å². The van der Waals surface area contributed by atoms with Gasteiger partial charge in [0.15, 0.2) is 6.10 Å². The van der Waals surface area contributed by atoms with Crippen molar-refractivity contribution in [3.05, 3.63) is 109 Å². The Hall–Kier alpha value is -3.93. The lowest BCUT2D eigenvalue weighted by atomic mass is 10.0. The summed E-state index contributed by atoms with van der Waals surface area (Å²) in [6.07, 6.45) is 78.7. The van der Waals surface area contributed by atoms with Crippen molar-refractivity contribution in [1.29, 1.82) is 0 Å². The topological polar surface area (TPSA) is 78.9 Å². The van der Waals surface area contributed by atoms with Gasteiger partial charge in [-0.15, -0.1) is 0 Å². The van der Waals surface area contributed by atoms with Crippen molar-refractivity contribution in [2.24, 2.45) is 0 Å². The van der Waals surface area contributed by atoms with Gasteiger partial charge >= 0.3 is 17.9 Å². The number of carbonyl (C=O) groups is 3. The van der Waals surface area contributed by atoms with Crippen LogP contribution in [0.3, 0.4) is 0 Å². The third-order valence-electron chi connectivity index (χ3n) is 12.0. The molecule has 6 nitrogen and oxygen atoms in total. The first-order chi connectivity index (χ1) is 34.5. The maximum atomic E-state index is 12.7. The third kappa shape index (κ3) is 55.0. The van der Waals surface area contributed by atoms with Gasteiger partial charge in [0.1, 0.15) is 13.2 Å². The molecule has 0 N–H and O–H groups in total. The number of hydrogen-bond donors (Lipinski definition) is 0. The highest BCUT2D eigenvalue weighted by molar-refractivity contribution is 5.71. The standard InChI is InChI=1S/C64H106O6/c1-4-7-10-13-16-18-20-22-23-24-25-26-27-28-29-30-31-32-33-34-35-36-37-38-39-40-41-43-44-46-48-51-54-57-63(66)69-60-61(59-68-62(65)56-53-50-15-12-9-6-3)70-64(67)58-55-52-49-47-45-42-21-19-17-14-11-8-5-2/h7-8,10-11,16-19,22-23,25-26,28-29,42,45,49,52,61H,4-6,9,12-15,20-21,24,27,30-41,43-44,46-48,50-51,53-60H2,1-3H3/b10-7-,11-8-,18-16-,19-17-,23-22-,26-25-,29-28-,45-42-,52-49-. The summed E-state index contributed by atoms with van der Waals surface area (Å²) in [7, 11) is 0. The Morgan fingerprint density at radius 1 is 0.300 bits per heavy atom. The van der Waals surface area contributed by atoms with Gasteiger partial charge in [-0.1, -0.05) is 259 Å². The van der Waals surface area contributed by atoms with Gasteiger partial charge in [-0.3, -0.25) is 14.4 Å². The van der Waals surface area contributed by atoms with E-state index in [0.717, 1.165) is 96.3 Å². The van der Waals surface area contributed by atoms with Crippen LogP contribution in [0.1, 0.15) is 258 Å². The van der Waals surface area contributed by atoms with Gasteiger partial charge in [0, 0.05) is 19.3 Å². The van der Waals surface area contributed by atoms with E-state index in [1.54, 1.807) is 0 Å². The highest BCUT2D eigenvalue weighted by Crippen LogP contribution is 2.16. The van der Waals surface area contributed by atoms with E-state index in [0.29, 0.717) is 19.3 Å². The molecule has 0 spiro atoms. The van der Waals surface area contributed by atoms with Crippen molar-refractivity contribution in [3.63, 3.8) is 0 Å². The quantitative estimate of drug-likeness (QED) is 0.0262. The van der Waals surface area contributed by atoms with Crippen LogP contribution >= 0.6 is 0 Å². The molecule has 0 saturated carbocycles. The zero-order valence-corrected chi connectivity index (χ0v) is 45.5. The lowest BCUT2D eigenvalue weighted by Crippen LogP contribution is -2.30. The lowest BCUT2D eigenvalue weighted by molar-refractivity contribution is -0.166. The summed E-state index contributed by atoms with van der Waals surface area (Å²) >= 11 is 0. The molecular weight excluding hydrogens is 865 g/mol. The summed E-state index contributed by atoms with van der Waals surface area (Å²) < 4.78 is 16.6. The normalized spacial score (nSPS) is 12.9. The molecule has 6 heteroatoms. The Labute approximate surface area is 431 Å². The average Bonchev–Trinajstić information content (AvgIpc) is 3.36. The van der Waals surface area contributed by atoms with Crippen LogP contribution in [0.15, 0.2) is 109 Å². The van der Waals surface area contributed by atoms with Gasteiger partial charge in [0.2, 0.25) is 0 Å². The zero-order valence-electron chi connectivity index (χ0n) is 45.5. The van der Waals surface area contributed by atoms with Crippen LogP contribution in [0.4, 0.5) is 0 Å². The van der Waals surface area contributed by atoms with Crippen LogP contribution in [-0.4, -0.2) is 37.2 Å². The predicted octanol–water partition coefficient (Wildman–Crippen LogP) is 19.5. The first-order valence-electron chi connectivity index (χ1n) is 28.9. The third-order valence-corrected chi connectivity index (χ3v) is 12.0. The zero-order chi connectivity index (χ0) is 50.7. The minimum absolute atomic E-state index is 0.105. The summed E-state index contributed by atoms with van der Waals surface area (Å²) in [4.78, 5) is 37.7. The molecule has 1 atom stereocenters. The largest absolute Gasteiger partial charge is 0.462 e. The minimum Gasteiger partial charge on any atom is -0.462 e. The molecule has 0 aliphatic carbocycles. The fourth-order valence-corrected chi connectivity index (χ4v) is 7.78. The molecule has 0 bridgehead atoms. The van der Waals surface area contributed by atoms with Crippen LogP contribution in [0.5, 0.6) is 0 Å². The molecule has 398 valence electrons. The van der Waals surface area contributed by atoms with E-state index < -0.39 is 12.1 Å². The lowest BCUT2D eigenvalue weighted by Gasteiger charge is -2.18. The first-order valence-corrected chi connectivity index (χ1v) is 28.9. The smallest absolute Gasteiger partial charge is 0.306 e. The fourth-order valence-electron chi connectivity index (χ4n) is 7.78. The molecule has 0 aromatic rings. The Morgan fingerprint density at radius 3 is 0.929 bits per heavy atom. The summed E-state index contributed by atoms with van der Waals surface area (Å²) in [5.41, 5.74) is 0. The average molecular weight is 972 g/mol. The van der Waals surface area contributed by atoms with Crippen LogP contribution in [0.25, 0.3) is 0 Å². The number of carbonyl (C=O) groups excluding carboxylic acids is 3. The molecule has 0 heterocycles. The molecule has 0 aromatic carbocycles. The molecule has 0 fully saturated rings. The fraction of sp³-hybridized carbons (Fsp3) is 0.672. The second-order valence-electron chi connectivity index (χ2n) is 18.8. The van der Waals surface area contributed by atoms with Crippen LogP contribution in [0, 0.1) is 0 Å². The number of esters is 3. The summed E-state index contributed by atoms with van der Waals surface area (Å²) in [5, 5.41) is 0. The van der Waals surface area contributed by atoms with E-state index in [4.69, 9.17) is 14.2 Å². The number of rotatable bonds is 51. The summed E-state index contributed by atoms with van der Waals surface area (Å²) in [5.74, 6) is -0.997. The molecule has 0 aliphatic heterocycles. The monoisotopic (exact) mass is 971 g/mol. The SMILES string of the molecule is CC/C=C\C/C=C\C/C=C\C/C=C\C/C=C\CCCCCCCCCCCCCCCCCCCC(=O)OCC(COC(=O)CCCCCCCC)OC(=O)CC/C=C\C/C=C\C/C=C\C/C=C\CC. The molecule has 0 rings (SSSR count). The van der Waals surface area contributed by atoms with Gasteiger partial charge in [-0.2, -0.15) is 0 Å². The van der Waals surface area contributed by atoms with Gasteiger partial charge in [0.05, 0.1) is 0 Å². The van der Waals surface area contributed by atoms with Crippen LogP contribution < -0.4 is 0 Å². The first kappa shape index (κ1) is 66.1. The summed E-state index contributed by atoms with van der Waals surface area (Å²) in [6.45, 7) is 6.28. The van der Waals surface area contributed by atoms with Gasteiger partial charge in [0.25, 0.3) is 0 Å². The van der Waals surface area contributed by atoms with E-state index >= 15 is 0 Å². The van der Waals surface area contributed by atoms with Gasteiger partial charge in [-0.05, 0) is 89.9 Å². The van der Waals surface area contributed by atoms with Crippen LogP contribution in [0.2, 0.25) is 0 Å². The van der Waals surface area contributed by atoms with Crippen molar-refractivity contribution in [2.45, 2.75) is 264 Å². The summed E-state index contributed by atoms with van der Waals surface area (Å²) in [6, 6.07) is 0. The second kappa shape index (κ2) is 57.6. The molecule has 1 unspecified atom stereocenters. The Kier molecular flexibility index (Phi) is 54.4. The second-order valence-corrected chi connectivity index (χ2v) is 18.8. The van der Waals surface area contributed by atoms with Crippen LogP contribution in [-0.2, 0) is 28.6 Å². The van der Waals surface area contributed by atoms with Gasteiger partial charge in [-0.25, -0.2) is 0 Å².